The van der Waals surface area contributed by atoms with Crippen molar-refractivity contribution in [2.75, 3.05) is 0 Å². The second-order valence-electron chi connectivity index (χ2n) is 4.39. The van der Waals surface area contributed by atoms with Gasteiger partial charge in [0.2, 0.25) is 0 Å². The average Bonchev–Trinajstić information content (AvgIpc) is 2.42. The van der Waals surface area contributed by atoms with Gasteiger partial charge in [0.15, 0.2) is 0 Å². The average molecular weight is 330 g/mol. The molecule has 0 saturated heterocycles. The summed E-state index contributed by atoms with van der Waals surface area (Å²) >= 11 is 5.15. The van der Waals surface area contributed by atoms with Gasteiger partial charge in [-0.05, 0) is 57.4 Å². The highest BCUT2D eigenvalue weighted by Gasteiger charge is 2.04. The minimum absolute atomic E-state index is 1.02. The lowest BCUT2D eigenvalue weighted by Gasteiger charge is -2.06. The fourth-order valence-corrected chi connectivity index (χ4v) is 3.29. The highest BCUT2D eigenvalue weighted by atomic mass is 79.9. The second-order valence-corrected chi connectivity index (χ2v) is 6.36. The molecule has 0 bridgehead atoms. The molecule has 0 fully saturated rings. The van der Waals surface area contributed by atoms with Gasteiger partial charge in [0.05, 0.1) is 0 Å². The van der Waals surface area contributed by atoms with Gasteiger partial charge in [-0.15, -0.1) is 0 Å². The van der Waals surface area contributed by atoms with Gasteiger partial charge in [0.25, 0.3) is 0 Å². The van der Waals surface area contributed by atoms with Gasteiger partial charge in [0, 0.05) is 15.6 Å². The highest BCUT2D eigenvalue weighted by molar-refractivity contribution is 9.10. The lowest BCUT2D eigenvalue weighted by molar-refractivity contribution is 1.07. The monoisotopic (exact) mass is 329 g/mol. The summed E-state index contributed by atoms with van der Waals surface area (Å²) in [7, 11) is 0. The summed E-state index contributed by atoms with van der Waals surface area (Å²) in [6, 6.07) is 17.0. The van der Waals surface area contributed by atoms with Crippen molar-refractivity contribution in [1.82, 2.24) is 4.98 Å². The molecule has 0 unspecified atom stereocenters. The van der Waals surface area contributed by atoms with E-state index in [1.54, 1.807) is 11.8 Å². The van der Waals surface area contributed by atoms with Crippen LogP contribution in [0.1, 0.15) is 5.56 Å². The summed E-state index contributed by atoms with van der Waals surface area (Å²) in [4.78, 5) is 5.69. The molecule has 2 aromatic carbocycles. The molecule has 94 valence electrons. The predicted octanol–water partition coefficient (Wildman–Crippen LogP) is 5.46. The van der Waals surface area contributed by atoms with Crippen molar-refractivity contribution in [2.24, 2.45) is 0 Å². The van der Waals surface area contributed by atoms with Crippen LogP contribution in [0.3, 0.4) is 0 Å². The summed E-state index contributed by atoms with van der Waals surface area (Å²) in [5, 5.41) is 3.59. The largest absolute Gasteiger partial charge is 0.248 e. The molecule has 0 radical (unpaired) electrons. The van der Waals surface area contributed by atoms with Crippen LogP contribution in [0.2, 0.25) is 0 Å². The van der Waals surface area contributed by atoms with Crippen molar-refractivity contribution in [3.63, 3.8) is 0 Å². The standard InChI is InChI=1S/C16H12BrNS/c1-11-8-14(17)10-18-16(11)19-15-7-6-12-4-2-3-5-13(12)9-15/h2-10H,1H3. The van der Waals surface area contributed by atoms with Crippen LogP contribution in [0.4, 0.5) is 0 Å². The van der Waals surface area contributed by atoms with E-state index in [4.69, 9.17) is 0 Å². The maximum absolute atomic E-state index is 4.47. The van der Waals surface area contributed by atoms with E-state index in [-0.39, 0.29) is 0 Å². The predicted molar refractivity (Wildman–Crippen MR) is 84.7 cm³/mol. The molecule has 0 spiro atoms. The normalized spacial score (nSPS) is 10.8. The van der Waals surface area contributed by atoms with Crippen LogP contribution < -0.4 is 0 Å². The van der Waals surface area contributed by atoms with Crippen LogP contribution >= 0.6 is 27.7 Å². The third-order valence-corrected chi connectivity index (χ3v) is 4.48. The van der Waals surface area contributed by atoms with Crippen LogP contribution in [0, 0.1) is 6.92 Å². The Morgan fingerprint density at radius 1 is 1.00 bits per heavy atom. The Morgan fingerprint density at radius 3 is 2.58 bits per heavy atom. The topological polar surface area (TPSA) is 12.9 Å². The molecule has 1 heterocycles. The van der Waals surface area contributed by atoms with E-state index in [1.807, 2.05) is 6.20 Å². The van der Waals surface area contributed by atoms with Crippen molar-refractivity contribution in [2.45, 2.75) is 16.8 Å². The first kappa shape index (κ1) is 12.7. The van der Waals surface area contributed by atoms with E-state index in [9.17, 15) is 0 Å². The van der Waals surface area contributed by atoms with Crippen LogP contribution in [0.5, 0.6) is 0 Å². The summed E-state index contributed by atoms with van der Waals surface area (Å²) < 4.78 is 1.02. The number of hydrogen-bond acceptors (Lipinski definition) is 2. The van der Waals surface area contributed by atoms with E-state index in [1.165, 1.54) is 21.2 Å². The SMILES string of the molecule is Cc1cc(Br)cnc1Sc1ccc2ccccc2c1. The maximum Gasteiger partial charge on any atom is 0.104 e. The molecule has 0 atom stereocenters. The zero-order valence-electron chi connectivity index (χ0n) is 10.4. The Bertz CT molecular complexity index is 740. The Labute approximate surface area is 125 Å². The first-order chi connectivity index (χ1) is 9.22. The molecule has 0 saturated carbocycles. The molecule has 0 aliphatic heterocycles. The summed E-state index contributed by atoms with van der Waals surface area (Å²) in [6.07, 6.45) is 1.84. The van der Waals surface area contributed by atoms with Crippen LogP contribution in [-0.2, 0) is 0 Å². The number of rotatable bonds is 2. The van der Waals surface area contributed by atoms with Crippen molar-refractivity contribution in [3.05, 3.63) is 64.8 Å². The van der Waals surface area contributed by atoms with Crippen LogP contribution in [0.15, 0.2) is 69.1 Å². The molecule has 0 aliphatic carbocycles. The summed E-state index contributed by atoms with van der Waals surface area (Å²) in [5.74, 6) is 0. The highest BCUT2D eigenvalue weighted by Crippen LogP contribution is 2.31. The van der Waals surface area contributed by atoms with Crippen LogP contribution in [0.25, 0.3) is 10.8 Å². The number of fused-ring (bicyclic) bond motifs is 1. The molecule has 1 aromatic heterocycles. The van der Waals surface area contributed by atoms with Gasteiger partial charge < -0.3 is 0 Å². The number of aryl methyl sites for hydroxylation is 1. The minimum atomic E-state index is 1.02. The Kier molecular flexibility index (Phi) is 3.58. The number of halogens is 1. The first-order valence-electron chi connectivity index (χ1n) is 6.01. The van der Waals surface area contributed by atoms with Gasteiger partial charge in [-0.25, -0.2) is 4.98 Å². The van der Waals surface area contributed by atoms with Crippen molar-refractivity contribution in [3.8, 4) is 0 Å². The molecule has 0 aliphatic rings. The van der Waals surface area contributed by atoms with Gasteiger partial charge in [-0.2, -0.15) is 0 Å². The van der Waals surface area contributed by atoms with E-state index in [0.717, 1.165) is 9.50 Å². The third-order valence-electron chi connectivity index (χ3n) is 2.93. The number of benzene rings is 2. The van der Waals surface area contributed by atoms with Crippen molar-refractivity contribution in [1.29, 1.82) is 0 Å². The van der Waals surface area contributed by atoms with E-state index in [2.05, 4.69) is 76.4 Å². The van der Waals surface area contributed by atoms with Gasteiger partial charge >= 0.3 is 0 Å². The molecule has 19 heavy (non-hydrogen) atoms. The first-order valence-corrected chi connectivity index (χ1v) is 7.62. The maximum atomic E-state index is 4.47. The smallest absolute Gasteiger partial charge is 0.104 e. The second kappa shape index (κ2) is 5.35. The quantitative estimate of drug-likeness (QED) is 0.619. The summed E-state index contributed by atoms with van der Waals surface area (Å²) in [5.41, 5.74) is 1.19. The van der Waals surface area contributed by atoms with Gasteiger partial charge in [-0.1, -0.05) is 42.1 Å². The third kappa shape index (κ3) is 2.82. The molecule has 0 amide bonds. The van der Waals surface area contributed by atoms with Crippen LogP contribution in [-0.4, -0.2) is 4.98 Å². The molecule has 3 aromatic rings. The van der Waals surface area contributed by atoms with E-state index >= 15 is 0 Å². The number of pyridine rings is 1. The number of nitrogens with zero attached hydrogens (tertiary/aromatic N) is 1. The van der Waals surface area contributed by atoms with Crippen molar-refractivity contribution >= 4 is 38.5 Å². The zero-order valence-corrected chi connectivity index (χ0v) is 12.8. The van der Waals surface area contributed by atoms with E-state index in [0.29, 0.717) is 0 Å². The molecular weight excluding hydrogens is 318 g/mol. The molecule has 0 N–H and O–H groups in total. The van der Waals surface area contributed by atoms with Gasteiger partial charge in [-0.3, -0.25) is 0 Å². The fourth-order valence-electron chi connectivity index (χ4n) is 1.98. The van der Waals surface area contributed by atoms with Crippen molar-refractivity contribution < 1.29 is 0 Å². The molecular formula is C16H12BrNS. The molecule has 1 nitrogen and oxygen atoms in total. The number of hydrogen-bond donors (Lipinski definition) is 0. The lowest BCUT2D eigenvalue weighted by atomic mass is 10.1. The van der Waals surface area contributed by atoms with E-state index < -0.39 is 0 Å². The Hall–Kier alpha value is -1.32. The Morgan fingerprint density at radius 2 is 1.79 bits per heavy atom. The minimum Gasteiger partial charge on any atom is -0.248 e. The lowest BCUT2D eigenvalue weighted by Crippen LogP contribution is -1.85. The summed E-state index contributed by atoms with van der Waals surface area (Å²) in [6.45, 7) is 2.08. The fraction of sp³-hybridized carbons (Fsp3) is 0.0625. The van der Waals surface area contributed by atoms with Gasteiger partial charge in [0.1, 0.15) is 5.03 Å². The number of aromatic nitrogens is 1. The molecule has 3 heteroatoms. The Balaban J connectivity index is 1.96. The zero-order chi connectivity index (χ0) is 13.2. The molecule has 3 rings (SSSR count).